The molecule has 1 aliphatic rings. The molecule has 0 aromatic carbocycles. The molecule has 1 aliphatic heterocycles. The lowest BCUT2D eigenvalue weighted by Crippen LogP contribution is -2.44. The number of halogens is 2. The van der Waals surface area contributed by atoms with Gasteiger partial charge in [-0.3, -0.25) is 4.57 Å². The molecule has 0 aliphatic carbocycles. The molecule has 4 N–H and O–H groups in total. The summed E-state index contributed by atoms with van der Waals surface area (Å²) in [6.45, 7) is -0.669. The zero-order chi connectivity index (χ0) is 14.9. The summed E-state index contributed by atoms with van der Waals surface area (Å²) >= 11 is 5.18. The van der Waals surface area contributed by atoms with Crippen LogP contribution < -0.4 is 11.4 Å². The van der Waals surface area contributed by atoms with Gasteiger partial charge in [0.2, 0.25) is 11.6 Å². The third-order valence-corrected chi connectivity index (χ3v) is 2.96. The van der Waals surface area contributed by atoms with Crippen molar-refractivity contribution >= 4 is 17.5 Å². The molecule has 0 bridgehead atoms. The second-order valence-corrected chi connectivity index (χ2v) is 4.24. The highest BCUT2D eigenvalue weighted by Gasteiger charge is 2.58. The van der Waals surface area contributed by atoms with Crippen molar-refractivity contribution in [3.8, 4) is 11.3 Å². The van der Waals surface area contributed by atoms with E-state index in [9.17, 15) is 14.3 Å². The van der Waals surface area contributed by atoms with Crippen molar-refractivity contribution < 1.29 is 19.3 Å². The normalized spacial score (nSPS) is 32.7. The lowest BCUT2D eigenvalue weighted by atomic mass is 9.97. The Labute approximate surface area is 117 Å². The van der Waals surface area contributed by atoms with Gasteiger partial charge in [-0.15, -0.1) is 0 Å². The van der Waals surface area contributed by atoms with Gasteiger partial charge in [0.1, 0.15) is 18.5 Å². The summed E-state index contributed by atoms with van der Waals surface area (Å²) in [5, 5.41) is 20.7. The molecule has 1 aromatic heterocycles. The molecule has 1 fully saturated rings. The first kappa shape index (κ1) is 14.7. The van der Waals surface area contributed by atoms with E-state index in [1.54, 1.807) is 5.38 Å². The lowest BCUT2D eigenvalue weighted by molar-refractivity contribution is -0.0547. The molecule has 1 aromatic rings. The van der Waals surface area contributed by atoms with Crippen molar-refractivity contribution in [2.24, 2.45) is 0 Å². The first-order valence-electron chi connectivity index (χ1n) is 5.40. The first-order chi connectivity index (χ1) is 9.43. The number of aliphatic hydroxyl groups excluding tert-OH is 2. The number of aromatic nitrogens is 3. The number of rotatable bonds is 2. The number of anilines is 1. The summed E-state index contributed by atoms with van der Waals surface area (Å²) in [5.41, 5.74) is 1.59. The van der Waals surface area contributed by atoms with Crippen LogP contribution in [0.15, 0.2) is 11.1 Å². The molecule has 8 nitrogen and oxygen atoms in total. The molecular weight excluding hydrogens is 295 g/mol. The minimum absolute atomic E-state index is 0.295. The van der Waals surface area contributed by atoms with Crippen LogP contribution in [0.3, 0.4) is 0 Å². The zero-order valence-corrected chi connectivity index (χ0v) is 10.7. The number of aliphatic hydroxyl groups is 2. The highest BCUT2D eigenvalue weighted by atomic mass is 35.5. The molecular formula is C10H10ClFN4O4. The Hall–Kier alpha value is -1.73. The van der Waals surface area contributed by atoms with Crippen molar-refractivity contribution in [1.82, 2.24) is 14.5 Å². The van der Waals surface area contributed by atoms with E-state index in [4.69, 9.17) is 27.2 Å². The molecule has 2 rings (SSSR count). The third-order valence-electron chi connectivity index (χ3n) is 2.86. The molecule has 108 valence electrons. The number of nitrogens with two attached hydrogens (primary N) is 1. The summed E-state index contributed by atoms with van der Waals surface area (Å²) in [6, 6.07) is 0. The average molecular weight is 305 g/mol. The van der Waals surface area contributed by atoms with Crippen LogP contribution in [-0.2, 0) is 4.74 Å². The molecule has 4 atom stereocenters. The Balaban J connectivity index is 2.52. The molecule has 0 saturated carbocycles. The van der Waals surface area contributed by atoms with Crippen LogP contribution in [0.1, 0.15) is 6.23 Å². The van der Waals surface area contributed by atoms with Gasteiger partial charge in [-0.1, -0.05) is 0 Å². The second-order valence-electron chi connectivity index (χ2n) is 4.05. The fourth-order valence-electron chi connectivity index (χ4n) is 1.89. The number of nitrogens with zero attached hydrogens (tertiary/aromatic N) is 3. The van der Waals surface area contributed by atoms with E-state index in [1.165, 1.54) is 0 Å². The molecule has 1 unspecified atom stereocenters. The highest BCUT2D eigenvalue weighted by molar-refractivity contribution is 6.30. The summed E-state index contributed by atoms with van der Waals surface area (Å²) < 4.78 is 20.6. The Bertz CT molecular complexity index is 630. The minimum atomic E-state index is -2.70. The van der Waals surface area contributed by atoms with Crippen LogP contribution >= 0.6 is 11.6 Å². The maximum absolute atomic E-state index is 14.8. The molecule has 0 spiro atoms. The van der Waals surface area contributed by atoms with Crippen LogP contribution in [0.25, 0.3) is 0 Å². The molecule has 0 radical (unpaired) electrons. The average Bonchev–Trinajstić information content (AvgIpc) is 2.63. The van der Waals surface area contributed by atoms with Gasteiger partial charge in [0.25, 0.3) is 0 Å². The molecule has 1 saturated heterocycles. The van der Waals surface area contributed by atoms with Crippen LogP contribution in [0.5, 0.6) is 0 Å². The summed E-state index contributed by atoms with van der Waals surface area (Å²) in [5.74, 6) is 1.65. The van der Waals surface area contributed by atoms with Crippen molar-refractivity contribution in [3.63, 3.8) is 0 Å². The Kier molecular flexibility index (Phi) is 3.92. The predicted molar refractivity (Wildman–Crippen MR) is 65.2 cm³/mol. The number of hydrogen-bond donors (Lipinski definition) is 3. The largest absolute Gasteiger partial charge is 0.394 e. The van der Waals surface area contributed by atoms with E-state index in [-0.39, 0.29) is 5.95 Å². The third kappa shape index (κ3) is 2.23. The van der Waals surface area contributed by atoms with E-state index in [2.05, 4.69) is 9.97 Å². The van der Waals surface area contributed by atoms with Crippen molar-refractivity contribution in [2.75, 3.05) is 12.3 Å². The van der Waals surface area contributed by atoms with Crippen LogP contribution in [0.4, 0.5) is 10.3 Å². The summed E-state index contributed by atoms with van der Waals surface area (Å²) in [4.78, 5) is 18.5. The van der Waals surface area contributed by atoms with E-state index in [0.717, 1.165) is 6.33 Å². The summed E-state index contributed by atoms with van der Waals surface area (Å²) in [7, 11) is 0. The standard InChI is InChI=1S/C10H10ClFN4O4/c11-2-1-10(12)6(18)5(3-17)20-7(10)16-4-14-8(13)15-9(16)19/h4-7,17-18H,3H2,(H2,13,15,19)/t5-,6+,7-,10?/m1/s1. The lowest BCUT2D eigenvalue weighted by Gasteiger charge is -2.23. The van der Waals surface area contributed by atoms with Crippen LogP contribution in [-0.4, -0.2) is 49.2 Å². The Morgan fingerprint density at radius 2 is 2.40 bits per heavy atom. The van der Waals surface area contributed by atoms with Crippen LogP contribution in [0, 0.1) is 11.3 Å². The molecule has 10 heteroatoms. The van der Waals surface area contributed by atoms with Gasteiger partial charge in [-0.05, 0) is 17.5 Å². The van der Waals surface area contributed by atoms with E-state index in [0.29, 0.717) is 4.57 Å². The van der Waals surface area contributed by atoms with E-state index < -0.39 is 36.4 Å². The molecule has 2 heterocycles. The first-order valence-corrected chi connectivity index (χ1v) is 5.78. The van der Waals surface area contributed by atoms with Gasteiger partial charge in [0.15, 0.2) is 6.23 Å². The Morgan fingerprint density at radius 3 is 2.95 bits per heavy atom. The maximum atomic E-state index is 14.8. The smallest absolute Gasteiger partial charge is 0.354 e. The zero-order valence-electron chi connectivity index (χ0n) is 9.90. The number of hydrogen-bond acceptors (Lipinski definition) is 7. The van der Waals surface area contributed by atoms with Crippen molar-refractivity contribution in [1.29, 1.82) is 0 Å². The van der Waals surface area contributed by atoms with Crippen molar-refractivity contribution in [2.45, 2.75) is 24.1 Å². The SMILES string of the molecule is Nc1ncn([C@@H]2O[C@H](CO)[C@H](O)C2(F)C#CCl)c(=O)n1. The quantitative estimate of drug-likeness (QED) is 0.561. The van der Waals surface area contributed by atoms with E-state index >= 15 is 0 Å². The van der Waals surface area contributed by atoms with Gasteiger partial charge < -0.3 is 20.7 Å². The summed E-state index contributed by atoms with van der Waals surface area (Å²) in [6.07, 6.45) is -3.82. The monoisotopic (exact) mass is 304 g/mol. The van der Waals surface area contributed by atoms with E-state index in [1.807, 2.05) is 5.92 Å². The topological polar surface area (TPSA) is 123 Å². The number of nitrogen functional groups attached to an aromatic ring is 1. The number of alkyl halides is 1. The minimum Gasteiger partial charge on any atom is -0.394 e. The fourth-order valence-corrected chi connectivity index (χ4v) is 2.04. The van der Waals surface area contributed by atoms with Gasteiger partial charge >= 0.3 is 5.69 Å². The number of ether oxygens (including phenoxy) is 1. The van der Waals surface area contributed by atoms with Gasteiger partial charge in [-0.25, -0.2) is 14.2 Å². The second kappa shape index (κ2) is 5.34. The van der Waals surface area contributed by atoms with Gasteiger partial charge in [0.05, 0.1) is 6.61 Å². The highest BCUT2D eigenvalue weighted by Crippen LogP contribution is 2.40. The fraction of sp³-hybridized carbons (Fsp3) is 0.500. The van der Waals surface area contributed by atoms with Gasteiger partial charge in [0, 0.05) is 5.38 Å². The molecule has 20 heavy (non-hydrogen) atoms. The molecule has 0 amide bonds. The van der Waals surface area contributed by atoms with Crippen molar-refractivity contribution in [3.05, 3.63) is 16.8 Å². The maximum Gasteiger partial charge on any atom is 0.354 e. The van der Waals surface area contributed by atoms with Crippen LogP contribution in [0.2, 0.25) is 0 Å². The van der Waals surface area contributed by atoms with Gasteiger partial charge in [-0.2, -0.15) is 4.98 Å². The Morgan fingerprint density at radius 1 is 1.70 bits per heavy atom. The predicted octanol–water partition coefficient (Wildman–Crippen LogP) is -1.62.